The molecule has 2 rings (SSSR count). The van der Waals surface area contributed by atoms with Crippen molar-refractivity contribution in [3.63, 3.8) is 0 Å². The molecular weight excluding hydrogens is 284 g/mol. The lowest BCUT2D eigenvalue weighted by Gasteiger charge is -2.16. The topological polar surface area (TPSA) is 58.2 Å². The summed E-state index contributed by atoms with van der Waals surface area (Å²) in [4.78, 5) is 25.0. The number of amides is 2. The molecule has 1 saturated carbocycles. The maximum atomic E-state index is 12.3. The summed E-state index contributed by atoms with van der Waals surface area (Å²) in [5, 5.41) is 6.72. The molecule has 0 saturated heterocycles. The highest BCUT2D eigenvalue weighted by Gasteiger charge is 2.24. The molecule has 1 heterocycles. The Morgan fingerprint density at radius 2 is 1.86 bits per heavy atom. The van der Waals surface area contributed by atoms with Gasteiger partial charge in [-0.25, -0.2) is 0 Å². The summed E-state index contributed by atoms with van der Waals surface area (Å²) >= 11 is 1.35. The minimum Gasteiger partial charge on any atom is -0.349 e. The molecule has 0 bridgehead atoms. The lowest BCUT2D eigenvalue weighted by molar-refractivity contribution is -0.123. The van der Waals surface area contributed by atoms with E-state index in [1.54, 1.807) is 0 Å². The molecule has 116 valence electrons. The molecule has 1 aliphatic rings. The van der Waals surface area contributed by atoms with E-state index in [4.69, 9.17) is 0 Å². The number of anilines is 1. The molecular formula is C16H24N2O2S. The Morgan fingerprint density at radius 1 is 1.24 bits per heavy atom. The highest BCUT2D eigenvalue weighted by molar-refractivity contribution is 7.18. The molecule has 0 aliphatic heterocycles. The van der Waals surface area contributed by atoms with Gasteiger partial charge in [0.15, 0.2) is 0 Å². The van der Waals surface area contributed by atoms with Crippen molar-refractivity contribution in [3.05, 3.63) is 16.5 Å². The largest absolute Gasteiger partial charge is 0.349 e. The lowest BCUT2D eigenvalue weighted by Crippen LogP contribution is -2.32. The standard InChI is InChI=1S/C16H24N2O2S/c1-10-9-12(18-15(20)16(2,3)4)21-13(10)14(19)17-11-7-5-6-8-11/h9,11H,5-8H2,1-4H3,(H,17,19)(H,18,20). The highest BCUT2D eigenvalue weighted by Crippen LogP contribution is 2.29. The number of thiophene rings is 1. The second kappa shape index (κ2) is 6.18. The van der Waals surface area contributed by atoms with Crippen LogP contribution in [0.2, 0.25) is 0 Å². The van der Waals surface area contributed by atoms with E-state index in [-0.39, 0.29) is 11.8 Å². The molecule has 1 fully saturated rings. The number of carbonyl (C=O) groups is 2. The molecule has 0 radical (unpaired) electrons. The molecule has 1 aromatic rings. The van der Waals surface area contributed by atoms with Crippen LogP contribution < -0.4 is 10.6 Å². The van der Waals surface area contributed by atoms with Crippen molar-refractivity contribution < 1.29 is 9.59 Å². The molecule has 21 heavy (non-hydrogen) atoms. The van der Waals surface area contributed by atoms with Crippen LogP contribution in [0.3, 0.4) is 0 Å². The van der Waals surface area contributed by atoms with Gasteiger partial charge in [0.25, 0.3) is 5.91 Å². The summed E-state index contributed by atoms with van der Waals surface area (Å²) in [6.45, 7) is 7.52. The number of carbonyl (C=O) groups excluding carboxylic acids is 2. The van der Waals surface area contributed by atoms with Crippen molar-refractivity contribution in [3.8, 4) is 0 Å². The zero-order valence-corrected chi connectivity index (χ0v) is 14.0. The fourth-order valence-electron chi connectivity index (χ4n) is 2.39. The predicted octanol–water partition coefficient (Wildman–Crippen LogP) is 3.71. The first-order chi connectivity index (χ1) is 9.77. The van der Waals surface area contributed by atoms with Crippen molar-refractivity contribution in [1.82, 2.24) is 5.32 Å². The normalized spacial score (nSPS) is 16.0. The van der Waals surface area contributed by atoms with Gasteiger partial charge in [0, 0.05) is 11.5 Å². The van der Waals surface area contributed by atoms with Gasteiger partial charge in [-0.15, -0.1) is 11.3 Å². The average Bonchev–Trinajstić information content (AvgIpc) is 2.97. The molecule has 2 amide bonds. The third kappa shape index (κ3) is 4.06. The van der Waals surface area contributed by atoms with Gasteiger partial charge in [0.05, 0.1) is 9.88 Å². The molecule has 5 heteroatoms. The molecule has 0 aromatic carbocycles. The van der Waals surface area contributed by atoms with E-state index in [2.05, 4.69) is 10.6 Å². The SMILES string of the molecule is Cc1cc(NC(=O)C(C)(C)C)sc1C(=O)NC1CCCC1. The Balaban J connectivity index is 2.04. The van der Waals surface area contributed by atoms with Gasteiger partial charge in [-0.3, -0.25) is 9.59 Å². The van der Waals surface area contributed by atoms with Gasteiger partial charge >= 0.3 is 0 Å². The highest BCUT2D eigenvalue weighted by atomic mass is 32.1. The zero-order valence-electron chi connectivity index (χ0n) is 13.2. The number of nitrogens with one attached hydrogen (secondary N) is 2. The second-order valence-corrected chi connectivity index (χ2v) is 7.83. The van der Waals surface area contributed by atoms with Gasteiger partial charge in [-0.1, -0.05) is 33.6 Å². The van der Waals surface area contributed by atoms with Crippen molar-refractivity contribution >= 4 is 28.2 Å². The van der Waals surface area contributed by atoms with Crippen LogP contribution in [0.15, 0.2) is 6.07 Å². The van der Waals surface area contributed by atoms with E-state index in [9.17, 15) is 9.59 Å². The van der Waals surface area contributed by atoms with Crippen LogP contribution >= 0.6 is 11.3 Å². The maximum Gasteiger partial charge on any atom is 0.261 e. The smallest absolute Gasteiger partial charge is 0.261 e. The van der Waals surface area contributed by atoms with E-state index >= 15 is 0 Å². The van der Waals surface area contributed by atoms with Crippen LogP contribution in [0, 0.1) is 12.3 Å². The van der Waals surface area contributed by atoms with Crippen LogP contribution in [0.25, 0.3) is 0 Å². The van der Waals surface area contributed by atoms with Crippen molar-refractivity contribution in [2.24, 2.45) is 5.41 Å². The summed E-state index contributed by atoms with van der Waals surface area (Å²) in [5.41, 5.74) is 0.476. The Labute approximate surface area is 130 Å². The van der Waals surface area contributed by atoms with Crippen molar-refractivity contribution in [1.29, 1.82) is 0 Å². The van der Waals surface area contributed by atoms with Gasteiger partial charge in [0.2, 0.25) is 5.91 Å². The molecule has 0 atom stereocenters. The minimum absolute atomic E-state index is 0.0133. The van der Waals surface area contributed by atoms with Gasteiger partial charge in [0.1, 0.15) is 0 Å². The second-order valence-electron chi connectivity index (χ2n) is 6.78. The maximum absolute atomic E-state index is 12.3. The lowest BCUT2D eigenvalue weighted by atomic mass is 9.96. The van der Waals surface area contributed by atoms with E-state index in [1.165, 1.54) is 24.2 Å². The average molecular weight is 308 g/mol. The fraction of sp³-hybridized carbons (Fsp3) is 0.625. The van der Waals surface area contributed by atoms with Crippen LogP contribution in [0.4, 0.5) is 5.00 Å². The number of aryl methyl sites for hydroxylation is 1. The zero-order chi connectivity index (χ0) is 15.6. The summed E-state index contributed by atoms with van der Waals surface area (Å²) in [6, 6.07) is 2.18. The summed E-state index contributed by atoms with van der Waals surface area (Å²) < 4.78 is 0. The van der Waals surface area contributed by atoms with Gasteiger partial charge < -0.3 is 10.6 Å². The molecule has 1 aromatic heterocycles. The fourth-order valence-corrected chi connectivity index (χ4v) is 3.36. The van der Waals surface area contributed by atoms with E-state index in [0.717, 1.165) is 23.4 Å². The first-order valence-corrected chi connectivity index (χ1v) is 8.32. The van der Waals surface area contributed by atoms with Gasteiger partial charge in [-0.2, -0.15) is 0 Å². The Morgan fingerprint density at radius 3 is 2.43 bits per heavy atom. The number of hydrogen-bond acceptors (Lipinski definition) is 3. The third-order valence-electron chi connectivity index (χ3n) is 3.73. The van der Waals surface area contributed by atoms with Crippen molar-refractivity contribution in [2.45, 2.75) is 59.4 Å². The molecule has 4 nitrogen and oxygen atoms in total. The Bertz CT molecular complexity index is 537. The van der Waals surface area contributed by atoms with Crippen molar-refractivity contribution in [2.75, 3.05) is 5.32 Å². The van der Waals surface area contributed by atoms with E-state index < -0.39 is 5.41 Å². The van der Waals surface area contributed by atoms with Crippen LogP contribution in [-0.2, 0) is 4.79 Å². The number of hydrogen-bond donors (Lipinski definition) is 2. The minimum atomic E-state index is -0.440. The monoisotopic (exact) mass is 308 g/mol. The third-order valence-corrected chi connectivity index (χ3v) is 4.88. The molecule has 0 unspecified atom stereocenters. The molecule has 2 N–H and O–H groups in total. The summed E-state index contributed by atoms with van der Waals surface area (Å²) in [5.74, 6) is -0.0489. The van der Waals surface area contributed by atoms with Gasteiger partial charge in [-0.05, 0) is 31.4 Å². The number of rotatable bonds is 3. The van der Waals surface area contributed by atoms with E-state index in [0.29, 0.717) is 10.9 Å². The summed E-state index contributed by atoms with van der Waals surface area (Å²) in [7, 11) is 0. The molecule has 0 spiro atoms. The van der Waals surface area contributed by atoms with Crippen LogP contribution in [-0.4, -0.2) is 17.9 Å². The van der Waals surface area contributed by atoms with E-state index in [1.807, 2.05) is 33.8 Å². The Kier molecular flexibility index (Phi) is 4.71. The summed E-state index contributed by atoms with van der Waals surface area (Å²) in [6.07, 6.45) is 4.54. The van der Waals surface area contributed by atoms with Crippen LogP contribution in [0.1, 0.15) is 61.7 Å². The Hall–Kier alpha value is -1.36. The quantitative estimate of drug-likeness (QED) is 0.894. The molecule has 1 aliphatic carbocycles. The predicted molar refractivity (Wildman–Crippen MR) is 86.9 cm³/mol. The van der Waals surface area contributed by atoms with Crippen LogP contribution in [0.5, 0.6) is 0 Å². The first kappa shape index (κ1) is 16.0. The first-order valence-electron chi connectivity index (χ1n) is 7.50.